The van der Waals surface area contributed by atoms with E-state index in [1.54, 1.807) is 0 Å². The van der Waals surface area contributed by atoms with Crippen LogP contribution in [0.15, 0.2) is 121 Å². The minimum Gasteiger partial charge on any atom is -0.0622 e. The summed E-state index contributed by atoms with van der Waals surface area (Å²) in [4.78, 5) is 0. The molecule has 0 atom stereocenters. The monoisotopic (exact) mass is 428 g/mol. The lowest BCUT2D eigenvalue weighted by molar-refractivity contribution is 1.65. The highest BCUT2D eigenvalue weighted by Crippen LogP contribution is 2.52. The Morgan fingerprint density at radius 1 is 0.294 bits per heavy atom. The van der Waals surface area contributed by atoms with Crippen LogP contribution in [0.1, 0.15) is 0 Å². The van der Waals surface area contributed by atoms with Crippen LogP contribution in [0, 0.1) is 0 Å². The van der Waals surface area contributed by atoms with E-state index in [0.717, 1.165) is 0 Å². The second-order valence-corrected chi connectivity index (χ2v) is 9.40. The Labute approximate surface area is 197 Å². The molecule has 34 heavy (non-hydrogen) atoms. The van der Waals surface area contributed by atoms with Gasteiger partial charge in [0.15, 0.2) is 0 Å². The summed E-state index contributed by atoms with van der Waals surface area (Å²) in [6.45, 7) is 0. The van der Waals surface area contributed by atoms with E-state index in [-0.39, 0.29) is 0 Å². The fourth-order valence-electron chi connectivity index (χ4n) is 5.90. The van der Waals surface area contributed by atoms with Crippen LogP contribution in [0.4, 0.5) is 0 Å². The van der Waals surface area contributed by atoms with Gasteiger partial charge in [-0.2, -0.15) is 0 Å². The quantitative estimate of drug-likeness (QED) is 0.180. The van der Waals surface area contributed by atoms with Crippen molar-refractivity contribution in [1.82, 2.24) is 0 Å². The lowest BCUT2D eigenvalue weighted by atomic mass is 9.93. The third kappa shape index (κ3) is 2.43. The molecule has 0 unspecified atom stereocenters. The highest BCUT2D eigenvalue weighted by atomic mass is 14.3. The summed E-state index contributed by atoms with van der Waals surface area (Å²) in [7, 11) is 0. The molecule has 0 heteroatoms. The van der Waals surface area contributed by atoms with Crippen molar-refractivity contribution >= 4 is 43.1 Å². The first kappa shape index (κ1) is 18.1. The topological polar surface area (TPSA) is 0 Å². The molecule has 0 aromatic heterocycles. The van der Waals surface area contributed by atoms with Crippen molar-refractivity contribution in [3.8, 4) is 33.4 Å². The van der Waals surface area contributed by atoms with Gasteiger partial charge in [-0.15, -0.1) is 0 Å². The minimum atomic E-state index is 1.26. The van der Waals surface area contributed by atoms with Crippen LogP contribution in [-0.2, 0) is 0 Å². The Hall–Kier alpha value is -4.42. The number of rotatable bonds is 1. The molecular formula is C34H20. The van der Waals surface area contributed by atoms with Gasteiger partial charge >= 0.3 is 0 Å². The molecule has 0 radical (unpaired) electrons. The third-order valence-corrected chi connectivity index (χ3v) is 7.49. The van der Waals surface area contributed by atoms with Gasteiger partial charge in [0.1, 0.15) is 0 Å². The molecule has 0 heterocycles. The lowest BCUT2D eigenvalue weighted by Gasteiger charge is -2.11. The molecular weight excluding hydrogens is 408 g/mol. The zero-order valence-corrected chi connectivity index (χ0v) is 18.5. The van der Waals surface area contributed by atoms with E-state index in [1.165, 1.54) is 76.5 Å². The van der Waals surface area contributed by atoms with Crippen LogP contribution < -0.4 is 0 Å². The Morgan fingerprint density at radius 2 is 0.853 bits per heavy atom. The van der Waals surface area contributed by atoms with E-state index < -0.39 is 0 Å². The van der Waals surface area contributed by atoms with E-state index in [4.69, 9.17) is 0 Å². The number of hydrogen-bond donors (Lipinski definition) is 0. The minimum absolute atomic E-state index is 1.26. The van der Waals surface area contributed by atoms with Crippen LogP contribution >= 0.6 is 0 Å². The van der Waals surface area contributed by atoms with Gasteiger partial charge in [-0.1, -0.05) is 78.9 Å². The molecule has 156 valence electrons. The molecule has 7 aromatic carbocycles. The normalized spacial score (nSPS) is 12.1. The second-order valence-electron chi connectivity index (χ2n) is 9.40. The summed E-state index contributed by atoms with van der Waals surface area (Å²) >= 11 is 0. The summed E-state index contributed by atoms with van der Waals surface area (Å²) < 4.78 is 0. The van der Waals surface area contributed by atoms with Crippen molar-refractivity contribution in [2.45, 2.75) is 0 Å². The maximum absolute atomic E-state index is 2.41. The van der Waals surface area contributed by atoms with Crippen molar-refractivity contribution in [3.05, 3.63) is 121 Å². The molecule has 0 saturated carbocycles. The van der Waals surface area contributed by atoms with E-state index in [9.17, 15) is 0 Å². The largest absolute Gasteiger partial charge is 0.0622 e. The highest BCUT2D eigenvalue weighted by Gasteiger charge is 2.24. The molecule has 0 spiro atoms. The number of benzene rings is 7. The fourth-order valence-corrected chi connectivity index (χ4v) is 5.90. The molecule has 0 saturated heterocycles. The molecule has 7 aromatic rings. The molecule has 0 fully saturated rings. The van der Waals surface area contributed by atoms with Gasteiger partial charge < -0.3 is 0 Å². The number of fused-ring (bicyclic) bond motifs is 7. The summed E-state index contributed by atoms with van der Waals surface area (Å²) in [5, 5.41) is 10.5. The predicted octanol–water partition coefficient (Wildman–Crippen LogP) is 9.61. The highest BCUT2D eigenvalue weighted by molar-refractivity contribution is 6.25. The summed E-state index contributed by atoms with van der Waals surface area (Å²) in [6, 6.07) is 44.9. The van der Waals surface area contributed by atoms with Crippen molar-refractivity contribution in [3.63, 3.8) is 0 Å². The first-order valence-electron chi connectivity index (χ1n) is 11.9. The molecule has 8 rings (SSSR count). The molecule has 0 N–H and O–H groups in total. The van der Waals surface area contributed by atoms with Crippen LogP contribution in [0.3, 0.4) is 0 Å². The van der Waals surface area contributed by atoms with E-state index in [1.807, 2.05) is 0 Å². The van der Waals surface area contributed by atoms with Crippen molar-refractivity contribution in [2.75, 3.05) is 0 Å². The SMILES string of the molecule is c1ccc(-c2cc3c4c(cc5ccccc5c4c2)-c2cc4cc5ccccc5cc4cc2-3)cc1. The maximum atomic E-state index is 2.41. The standard InChI is InChI=1S/C34H20/c1-2-8-21(9-3-1)27-19-31-28-13-7-6-12-24(28)16-32-29-17-25-14-22-10-4-5-11-23(22)15-26(25)18-30(29)33(20-27)34(31)32/h1-20H. The van der Waals surface area contributed by atoms with Gasteiger partial charge in [-0.25, -0.2) is 0 Å². The van der Waals surface area contributed by atoms with Gasteiger partial charge in [0.2, 0.25) is 0 Å². The summed E-state index contributed by atoms with van der Waals surface area (Å²) in [6.07, 6.45) is 0. The van der Waals surface area contributed by atoms with Gasteiger partial charge in [-0.05, 0) is 119 Å². The zero-order valence-electron chi connectivity index (χ0n) is 18.5. The molecule has 1 aliphatic rings. The Balaban J connectivity index is 1.53. The van der Waals surface area contributed by atoms with Crippen LogP contribution in [-0.4, -0.2) is 0 Å². The molecule has 0 nitrogen and oxygen atoms in total. The van der Waals surface area contributed by atoms with Crippen molar-refractivity contribution < 1.29 is 0 Å². The van der Waals surface area contributed by atoms with E-state index >= 15 is 0 Å². The molecule has 0 bridgehead atoms. The van der Waals surface area contributed by atoms with Crippen LogP contribution in [0.25, 0.3) is 76.5 Å². The maximum Gasteiger partial charge on any atom is -0.00195 e. The third-order valence-electron chi connectivity index (χ3n) is 7.49. The average molecular weight is 429 g/mol. The smallest absolute Gasteiger partial charge is 0.00195 e. The van der Waals surface area contributed by atoms with Gasteiger partial charge in [0, 0.05) is 0 Å². The first-order valence-corrected chi connectivity index (χ1v) is 11.9. The average Bonchev–Trinajstić information content (AvgIpc) is 3.19. The zero-order chi connectivity index (χ0) is 22.2. The van der Waals surface area contributed by atoms with Crippen LogP contribution in [0.5, 0.6) is 0 Å². The molecule has 0 aliphatic heterocycles. The van der Waals surface area contributed by atoms with Crippen molar-refractivity contribution in [2.24, 2.45) is 0 Å². The Morgan fingerprint density at radius 3 is 1.56 bits per heavy atom. The van der Waals surface area contributed by atoms with Gasteiger partial charge in [0.05, 0.1) is 0 Å². The second kappa shape index (κ2) is 6.56. The van der Waals surface area contributed by atoms with E-state index in [2.05, 4.69) is 121 Å². The number of hydrogen-bond acceptors (Lipinski definition) is 0. The fraction of sp³-hybridized carbons (Fsp3) is 0. The Kier molecular flexibility index (Phi) is 3.48. The van der Waals surface area contributed by atoms with Crippen LogP contribution in [0.2, 0.25) is 0 Å². The van der Waals surface area contributed by atoms with E-state index in [0.29, 0.717) is 0 Å². The summed E-state index contributed by atoms with van der Waals surface area (Å²) in [5.74, 6) is 0. The van der Waals surface area contributed by atoms with Crippen molar-refractivity contribution in [1.29, 1.82) is 0 Å². The molecule has 1 aliphatic carbocycles. The summed E-state index contributed by atoms with van der Waals surface area (Å²) in [5.41, 5.74) is 7.93. The van der Waals surface area contributed by atoms with Gasteiger partial charge in [-0.3, -0.25) is 0 Å². The lowest BCUT2D eigenvalue weighted by Crippen LogP contribution is -1.84. The Bertz CT molecular complexity index is 1940. The first-order chi connectivity index (χ1) is 16.8. The predicted molar refractivity (Wildman–Crippen MR) is 146 cm³/mol. The molecule has 0 amide bonds. The van der Waals surface area contributed by atoms with Gasteiger partial charge in [0.25, 0.3) is 0 Å².